The summed E-state index contributed by atoms with van der Waals surface area (Å²) in [6, 6.07) is 7.54. The number of aliphatic imine (C=N–C) groups is 1. The molecule has 0 aliphatic heterocycles. The summed E-state index contributed by atoms with van der Waals surface area (Å²) in [7, 11) is 0. The fraction of sp³-hybridized carbons (Fsp3) is 0.444. The third-order valence-electron chi connectivity index (χ3n) is 4.92. The van der Waals surface area contributed by atoms with Crippen LogP contribution < -0.4 is 10.1 Å². The van der Waals surface area contributed by atoms with E-state index in [1.807, 2.05) is 36.4 Å². The van der Waals surface area contributed by atoms with Gasteiger partial charge in [-0.3, -0.25) is 5.32 Å². The highest BCUT2D eigenvalue weighted by Gasteiger charge is 2.35. The van der Waals surface area contributed by atoms with Crippen molar-refractivity contribution < 1.29 is 28.9 Å². The van der Waals surface area contributed by atoms with Gasteiger partial charge < -0.3 is 19.3 Å². The van der Waals surface area contributed by atoms with E-state index < -0.39 is 23.4 Å². The Morgan fingerprint density at radius 2 is 1.66 bits per heavy atom. The minimum absolute atomic E-state index is 0.0770. The second kappa shape index (κ2) is 10.5. The van der Waals surface area contributed by atoms with Crippen molar-refractivity contribution in [2.45, 2.75) is 59.2 Å². The maximum Gasteiger partial charge on any atom is 0.434 e. The quantitative estimate of drug-likeness (QED) is 0.541. The second-order valence-corrected chi connectivity index (χ2v) is 10.4. The number of carbonyl (C=O) groups excluding carboxylic acids is 2. The molecule has 0 bridgehead atoms. The van der Waals surface area contributed by atoms with Gasteiger partial charge in [0.1, 0.15) is 17.0 Å². The molecule has 0 fully saturated rings. The number of hydrogen-bond acceptors (Lipinski definition) is 6. The van der Waals surface area contributed by atoms with E-state index in [4.69, 9.17) is 19.3 Å². The molecule has 0 saturated heterocycles. The van der Waals surface area contributed by atoms with Crippen LogP contribution in [0.2, 0.25) is 0 Å². The van der Waals surface area contributed by atoms with Crippen LogP contribution in [0.4, 0.5) is 9.59 Å². The number of benzene rings is 1. The molecule has 0 aromatic heterocycles. The topological polar surface area (TPSA) is 106 Å². The molecule has 0 radical (unpaired) electrons. The predicted molar refractivity (Wildman–Crippen MR) is 134 cm³/mol. The van der Waals surface area contributed by atoms with Crippen LogP contribution in [0.5, 0.6) is 5.75 Å². The van der Waals surface area contributed by atoms with Crippen molar-refractivity contribution in [3.63, 3.8) is 0 Å². The van der Waals surface area contributed by atoms with Gasteiger partial charge in [-0.15, -0.1) is 0 Å². The summed E-state index contributed by atoms with van der Waals surface area (Å²) in [5.41, 5.74) is 2.48. The number of alkyl carbamates (subject to hydrolysis) is 1. The Kier molecular flexibility index (Phi) is 7.85. The van der Waals surface area contributed by atoms with E-state index >= 15 is 0 Å². The number of amides is 2. The summed E-state index contributed by atoms with van der Waals surface area (Å²) in [6.07, 6.45) is 4.99. The molecule has 0 saturated carbocycles. The lowest BCUT2D eigenvalue weighted by Gasteiger charge is -2.33. The zero-order valence-electron chi connectivity index (χ0n) is 21.2. The molecule has 2 N–H and O–H groups in total. The number of hydrogen-bond donors (Lipinski definition) is 2. The maximum atomic E-state index is 12.5. The van der Waals surface area contributed by atoms with E-state index in [1.54, 1.807) is 47.6 Å². The van der Waals surface area contributed by atoms with Crippen molar-refractivity contribution in [2.24, 2.45) is 10.9 Å². The van der Waals surface area contributed by atoms with Crippen molar-refractivity contribution in [1.29, 1.82) is 0 Å². The largest absolute Gasteiger partial charge is 0.494 e. The predicted octanol–water partition coefficient (Wildman–Crippen LogP) is 5.19. The van der Waals surface area contributed by atoms with Crippen molar-refractivity contribution >= 4 is 23.5 Å². The van der Waals surface area contributed by atoms with Gasteiger partial charge in [-0.25, -0.2) is 9.59 Å². The third-order valence-corrected chi connectivity index (χ3v) is 4.92. The average molecular weight is 483 g/mol. The number of nitrogens with one attached hydrogen (secondary N) is 1. The molecule has 1 aromatic rings. The summed E-state index contributed by atoms with van der Waals surface area (Å²) in [6.45, 7) is 11.3. The lowest BCUT2D eigenvalue weighted by molar-refractivity contribution is 0.0543. The van der Waals surface area contributed by atoms with Crippen molar-refractivity contribution in [3.8, 4) is 5.75 Å². The van der Waals surface area contributed by atoms with Crippen molar-refractivity contribution in [2.75, 3.05) is 13.2 Å². The summed E-state index contributed by atoms with van der Waals surface area (Å²) in [5, 5.41) is 11.8. The Morgan fingerprint density at radius 1 is 1.00 bits per heavy atom. The highest BCUT2D eigenvalue weighted by molar-refractivity contribution is 6.14. The molecule has 1 atom stereocenters. The molecule has 2 aliphatic rings. The van der Waals surface area contributed by atoms with Gasteiger partial charge >= 0.3 is 12.2 Å². The maximum absolute atomic E-state index is 12.5. The third kappa shape index (κ3) is 7.55. The Morgan fingerprint density at radius 3 is 2.26 bits per heavy atom. The molecule has 0 spiro atoms. The standard InChI is InChI=1S/C27H34N2O6/c1-26(2,3)34-24(31)28-22-15-18(17-8-10-19(11-9-17)33-13-7-12-30)14-20-21(22)16-23(20)29-25(32)35-27(4,5)6/h8-11,14-16,20,30H,7,12-13H2,1-6H3,(H,28,31). The van der Waals surface area contributed by atoms with E-state index in [1.165, 1.54) is 0 Å². The van der Waals surface area contributed by atoms with E-state index in [9.17, 15) is 9.59 Å². The van der Waals surface area contributed by atoms with Gasteiger partial charge in [-0.2, -0.15) is 4.99 Å². The monoisotopic (exact) mass is 482 g/mol. The van der Waals surface area contributed by atoms with Crippen LogP contribution in [0, 0.1) is 5.92 Å². The number of aliphatic hydroxyl groups is 1. The summed E-state index contributed by atoms with van der Waals surface area (Å²) in [5.74, 6) is 0.430. The molecular formula is C27H34N2O6. The lowest BCUT2D eigenvalue weighted by Crippen LogP contribution is -2.37. The van der Waals surface area contributed by atoms with Gasteiger partial charge in [0.15, 0.2) is 0 Å². The van der Waals surface area contributed by atoms with Crippen LogP contribution in [-0.4, -0.2) is 47.4 Å². The van der Waals surface area contributed by atoms with E-state index in [-0.39, 0.29) is 12.5 Å². The van der Waals surface area contributed by atoms with Gasteiger partial charge in [-0.1, -0.05) is 18.2 Å². The van der Waals surface area contributed by atoms with Gasteiger partial charge in [0.05, 0.1) is 12.3 Å². The number of aliphatic hydroxyl groups excluding tert-OH is 1. The van der Waals surface area contributed by atoms with E-state index in [0.29, 0.717) is 30.2 Å². The summed E-state index contributed by atoms with van der Waals surface area (Å²) in [4.78, 5) is 28.9. The first-order valence-electron chi connectivity index (χ1n) is 11.7. The van der Waals surface area contributed by atoms with E-state index in [0.717, 1.165) is 16.7 Å². The Bertz CT molecular complexity index is 1080. The van der Waals surface area contributed by atoms with Crippen LogP contribution >= 0.6 is 0 Å². The van der Waals surface area contributed by atoms with Crippen molar-refractivity contribution in [1.82, 2.24) is 5.32 Å². The van der Waals surface area contributed by atoms with Crippen LogP contribution in [0.25, 0.3) is 5.57 Å². The number of ether oxygens (including phenoxy) is 3. The first-order valence-corrected chi connectivity index (χ1v) is 11.7. The van der Waals surface area contributed by atoms with E-state index in [2.05, 4.69) is 10.3 Å². The highest BCUT2D eigenvalue weighted by atomic mass is 16.6. The zero-order chi connectivity index (χ0) is 25.8. The normalized spacial score (nSPS) is 18.4. The van der Waals surface area contributed by atoms with Crippen LogP contribution in [-0.2, 0) is 9.47 Å². The second-order valence-electron chi connectivity index (χ2n) is 10.4. The van der Waals surface area contributed by atoms with Crippen LogP contribution in [0.15, 0.2) is 58.8 Å². The number of allylic oxidation sites excluding steroid dienone is 5. The molecule has 188 valence electrons. The molecular weight excluding hydrogens is 448 g/mol. The molecule has 8 nitrogen and oxygen atoms in total. The Labute approximate surface area is 206 Å². The van der Waals surface area contributed by atoms with Gasteiger partial charge in [-0.05, 0) is 82.5 Å². The summed E-state index contributed by atoms with van der Waals surface area (Å²) >= 11 is 0. The minimum Gasteiger partial charge on any atom is -0.494 e. The zero-order valence-corrected chi connectivity index (χ0v) is 21.2. The van der Waals surface area contributed by atoms with Crippen LogP contribution in [0.3, 0.4) is 0 Å². The molecule has 2 amide bonds. The number of fused-ring (bicyclic) bond motifs is 1. The highest BCUT2D eigenvalue weighted by Crippen LogP contribution is 2.39. The molecule has 1 aromatic carbocycles. The lowest BCUT2D eigenvalue weighted by atomic mass is 9.75. The van der Waals surface area contributed by atoms with Gasteiger partial charge in [0.2, 0.25) is 0 Å². The Balaban J connectivity index is 1.87. The van der Waals surface area contributed by atoms with Crippen LogP contribution in [0.1, 0.15) is 53.5 Å². The average Bonchev–Trinajstić information content (AvgIpc) is 2.71. The Hall–Kier alpha value is -3.39. The fourth-order valence-corrected chi connectivity index (χ4v) is 3.48. The SMILES string of the molecule is CC(C)(C)OC(=O)N=C1C=C2C(NC(=O)OC(C)(C)C)=CC(c3ccc(OCCCO)cc3)=CC21. The number of rotatable bonds is 6. The molecule has 3 rings (SSSR count). The number of nitrogens with zero attached hydrogens (tertiary/aromatic N) is 1. The smallest absolute Gasteiger partial charge is 0.434 e. The first kappa shape index (κ1) is 26.2. The minimum atomic E-state index is -0.654. The number of carbonyl (C=O) groups is 2. The molecule has 35 heavy (non-hydrogen) atoms. The first-order chi connectivity index (χ1) is 16.3. The molecule has 1 unspecified atom stereocenters. The fourth-order valence-electron chi connectivity index (χ4n) is 3.48. The molecule has 8 heteroatoms. The molecule has 2 aliphatic carbocycles. The van der Waals surface area contributed by atoms with Gasteiger partial charge in [0.25, 0.3) is 0 Å². The van der Waals surface area contributed by atoms with Crippen molar-refractivity contribution in [3.05, 3.63) is 59.3 Å². The summed E-state index contributed by atoms with van der Waals surface area (Å²) < 4.78 is 16.4. The molecule has 0 heterocycles. The van der Waals surface area contributed by atoms with Gasteiger partial charge in [0, 0.05) is 24.6 Å².